The summed E-state index contributed by atoms with van der Waals surface area (Å²) in [6.45, 7) is 3.72. The number of hydrogen-bond acceptors (Lipinski definition) is 35. The van der Waals surface area contributed by atoms with Crippen LogP contribution in [0.15, 0.2) is 121 Å². The van der Waals surface area contributed by atoms with Crippen molar-refractivity contribution in [1.82, 2.24) is 0 Å². The number of carbonyl (C=O) groups excluding carboxylic acids is 3. The van der Waals surface area contributed by atoms with E-state index in [1.165, 1.54) is 0 Å². The first-order valence-corrected chi connectivity index (χ1v) is 41.4. The number of carbonyl (C=O) groups is 3. The number of aliphatic hydroxyl groups excluding tert-OH is 12. The molecule has 11 heterocycles. The van der Waals surface area contributed by atoms with Crippen molar-refractivity contribution >= 4 is 50.2 Å². The van der Waals surface area contributed by atoms with Crippen LogP contribution in [0.5, 0.6) is 51.7 Å². The topological polar surface area (TPSA) is 479 Å². The first-order chi connectivity index (χ1) is 61.9. The van der Waals surface area contributed by atoms with Crippen LogP contribution in [0.1, 0.15) is 114 Å². The monoisotopic (exact) mass is 1770 g/mol. The molecular formula is C93H90O35. The molecule has 3 unspecified atom stereocenters. The number of rotatable bonds is 20. The minimum absolute atomic E-state index is 0.0767. The average molecular weight is 1770 g/mol. The van der Waals surface area contributed by atoms with Crippen LogP contribution in [-0.2, 0) is 118 Å². The lowest BCUT2D eigenvalue weighted by molar-refractivity contribution is -0.254. The van der Waals surface area contributed by atoms with Gasteiger partial charge in [-0.25, -0.2) is 14.4 Å². The quantitative estimate of drug-likeness (QED) is 0.0280. The zero-order valence-corrected chi connectivity index (χ0v) is 69.2. The van der Waals surface area contributed by atoms with Gasteiger partial charge in [0.05, 0.1) is 82.8 Å². The predicted molar refractivity (Wildman–Crippen MR) is 439 cm³/mol. The molecule has 11 aliphatic rings. The van der Waals surface area contributed by atoms with Crippen LogP contribution in [0, 0.1) is 0 Å². The van der Waals surface area contributed by atoms with E-state index in [1.54, 1.807) is 119 Å². The number of cyclic esters (lactones) is 3. The summed E-state index contributed by atoms with van der Waals surface area (Å²) >= 11 is 0. The van der Waals surface area contributed by atoms with Crippen molar-refractivity contribution in [3.05, 3.63) is 194 Å². The number of benzene rings is 10. The van der Waals surface area contributed by atoms with Crippen LogP contribution in [-0.4, -0.2) is 217 Å². The zero-order valence-electron chi connectivity index (χ0n) is 69.2. The molecule has 0 aromatic heterocycles. The summed E-state index contributed by atoms with van der Waals surface area (Å²) in [5.41, 5.74) is 9.15. The van der Waals surface area contributed by atoms with Crippen LogP contribution >= 0.6 is 0 Å². The minimum atomic E-state index is -1.39. The second kappa shape index (κ2) is 34.7. The normalized spacial score (nSPS) is 25.5. The fourth-order valence-corrected chi connectivity index (χ4v) is 18.4. The molecule has 35 nitrogen and oxygen atoms in total. The first-order valence-electron chi connectivity index (χ1n) is 41.4. The molecule has 0 bridgehead atoms. The molecule has 0 saturated carbocycles. The Bertz CT molecular complexity index is 5800. The summed E-state index contributed by atoms with van der Waals surface area (Å²) < 4.78 is 116. The van der Waals surface area contributed by atoms with E-state index in [0.29, 0.717) is 150 Å². The Kier molecular flexibility index (Phi) is 23.3. The van der Waals surface area contributed by atoms with E-state index in [-0.39, 0.29) is 127 Å². The summed E-state index contributed by atoms with van der Waals surface area (Å²) in [5.74, 6) is 0.132. The van der Waals surface area contributed by atoms with Crippen LogP contribution < -0.4 is 42.6 Å². The highest BCUT2D eigenvalue weighted by molar-refractivity contribution is 6.16. The predicted octanol–water partition coefficient (Wildman–Crippen LogP) is 6.67. The Morgan fingerprint density at radius 1 is 0.359 bits per heavy atom. The fraction of sp³-hybridized carbons (Fsp3) is 0.387. The smallest absolute Gasteiger partial charge is 0.339 e. The fourth-order valence-electron chi connectivity index (χ4n) is 18.4. The van der Waals surface area contributed by atoms with Crippen LogP contribution in [0.25, 0.3) is 65.7 Å². The maximum absolute atomic E-state index is 13.3. The van der Waals surface area contributed by atoms with E-state index in [4.69, 9.17) is 94.7 Å². The number of fused-ring (bicyclic) bond motifs is 11. The molecule has 128 heavy (non-hydrogen) atoms. The molecule has 11 aliphatic heterocycles. The molecule has 0 amide bonds. The molecule has 10 aromatic carbocycles. The van der Waals surface area contributed by atoms with Gasteiger partial charge >= 0.3 is 17.9 Å². The number of aliphatic hydroxyl groups is 12. The van der Waals surface area contributed by atoms with Gasteiger partial charge in [0.25, 0.3) is 0 Å². The van der Waals surface area contributed by atoms with E-state index < -0.39 is 129 Å². The van der Waals surface area contributed by atoms with Gasteiger partial charge in [0.1, 0.15) is 104 Å². The largest absolute Gasteiger partial charge is 0.461 e. The molecule has 0 spiro atoms. The highest BCUT2D eigenvalue weighted by Gasteiger charge is 2.58. The van der Waals surface area contributed by atoms with Gasteiger partial charge in [0.15, 0.2) is 46.1 Å². The summed E-state index contributed by atoms with van der Waals surface area (Å²) in [7, 11) is 0. The molecule has 12 N–H and O–H groups in total. The molecule has 0 radical (unpaired) electrons. The molecule has 21 rings (SSSR count). The van der Waals surface area contributed by atoms with E-state index >= 15 is 0 Å². The van der Waals surface area contributed by atoms with Gasteiger partial charge in [-0.3, -0.25) is 0 Å². The third kappa shape index (κ3) is 15.4. The Morgan fingerprint density at radius 2 is 0.688 bits per heavy atom. The van der Waals surface area contributed by atoms with Gasteiger partial charge in [0.2, 0.25) is 39.2 Å². The van der Waals surface area contributed by atoms with Gasteiger partial charge in [-0.05, 0) is 172 Å². The molecule has 14 atom stereocenters. The van der Waals surface area contributed by atoms with Crippen molar-refractivity contribution in [2.24, 2.45) is 0 Å². The summed E-state index contributed by atoms with van der Waals surface area (Å²) in [6, 6.07) is 35.4. The highest BCUT2D eigenvalue weighted by atomic mass is 16.8. The van der Waals surface area contributed by atoms with Crippen molar-refractivity contribution < 1.29 is 170 Å². The standard InChI is InChI=1S/C33H30O11.2C30H30O12/c34-11-19-8-21-22(9-20(19)12-35)30(44-33-29(37)31(24(36)15-41-33)39-13-17-4-2-1-3-5-17)23-14-40-32(38)28(23)27(21)18-6-7-25-26(10-18)43-16-42-25;2*1-30(2)41-26-21(10-33)39-29(24(34)27(26)42-30)40-25-17-6-15(9-32)14(8-31)5-16(17)22(23-18(25)11-36-28(23)35)13-3-4-19-20(7-13)38-12-37-19/h1-10,24,29,31,33-37H,11-16H2;2*3-7,21,24,26-27,29,31-34H,8-12H2,1-2H3/t24-,29-,31+,33?;21-,24-,26+,27-,29?;21-,24-,26-,27-,29?/m111/s1. The van der Waals surface area contributed by atoms with E-state index in [0.717, 1.165) is 5.56 Å². The van der Waals surface area contributed by atoms with Crippen molar-refractivity contribution in [1.29, 1.82) is 0 Å². The molecule has 672 valence electrons. The van der Waals surface area contributed by atoms with Gasteiger partial charge in [-0.1, -0.05) is 48.5 Å². The lowest BCUT2D eigenvalue weighted by Gasteiger charge is -2.39. The summed E-state index contributed by atoms with van der Waals surface area (Å²) in [4.78, 5) is 39.8. The molecule has 5 saturated heterocycles. The van der Waals surface area contributed by atoms with E-state index in [2.05, 4.69) is 0 Å². The third-order valence-corrected chi connectivity index (χ3v) is 24.4. The maximum atomic E-state index is 13.3. The second-order valence-electron chi connectivity index (χ2n) is 33.0. The number of ether oxygens (including phenoxy) is 20. The first kappa shape index (κ1) is 86.2. The molecule has 0 aliphatic carbocycles. The van der Waals surface area contributed by atoms with Crippen molar-refractivity contribution in [2.45, 2.75) is 191 Å². The van der Waals surface area contributed by atoms with Gasteiger partial charge in [-0.15, -0.1) is 0 Å². The number of esters is 3. The Balaban J connectivity index is 0.000000125. The minimum Gasteiger partial charge on any atom is -0.461 e. The Hall–Kier alpha value is -11.2. The second-order valence-corrected chi connectivity index (χ2v) is 33.0. The van der Waals surface area contributed by atoms with Crippen LogP contribution in [0.2, 0.25) is 0 Å². The van der Waals surface area contributed by atoms with Crippen molar-refractivity contribution in [3.8, 4) is 85.1 Å². The van der Waals surface area contributed by atoms with Gasteiger partial charge < -0.3 is 156 Å². The van der Waals surface area contributed by atoms with E-state index in [9.17, 15) is 75.7 Å². The SMILES string of the molecule is CC1(C)O[C@@H]2[C@H](O1)[C@@H](O)C(Oc1c3c(c(-c4ccc5c(c4)OCO5)c4cc(CO)c(CO)cc14)C(=O)OC3)O[C@@H]2CO.CC1(C)O[C@H]2[C@H](O1)[C@@H](O)C(Oc1c3c(c(-c4ccc5c(c4)OCO5)c4cc(CO)c(CO)cc14)C(=O)OC3)O[C@@H]2CO.O=C1OCc2c1c(-c1ccc3c(c1)OCO3)c1cc(CO)c(CO)cc1c2OC1OC[C@@H](O)[C@H](OCc2ccccc2)[C@H]1O. The zero-order chi connectivity index (χ0) is 89.0. The van der Waals surface area contributed by atoms with Crippen LogP contribution in [0.4, 0.5) is 0 Å². The Morgan fingerprint density at radius 3 is 1.03 bits per heavy atom. The molecule has 5 fully saturated rings. The van der Waals surface area contributed by atoms with Gasteiger partial charge in [0, 0.05) is 49.5 Å². The highest BCUT2D eigenvalue weighted by Crippen LogP contribution is 2.54. The lowest BCUT2D eigenvalue weighted by atomic mass is 9.87. The molecular weight excluding hydrogens is 1680 g/mol. The summed E-state index contributed by atoms with van der Waals surface area (Å²) in [5, 5.41) is 128. The molecule has 35 heteroatoms. The van der Waals surface area contributed by atoms with Crippen molar-refractivity contribution in [2.75, 3.05) is 40.2 Å². The number of hydrogen-bond donors (Lipinski definition) is 12. The van der Waals surface area contributed by atoms with Gasteiger partial charge in [-0.2, -0.15) is 0 Å². The Labute approximate surface area is 727 Å². The van der Waals surface area contributed by atoms with E-state index in [1.807, 2.05) is 30.3 Å². The summed E-state index contributed by atoms with van der Waals surface area (Å²) in [6.07, 6.45) is -14.9. The third-order valence-electron chi connectivity index (χ3n) is 24.4. The molecule has 10 aromatic rings. The lowest BCUT2D eigenvalue weighted by Crippen LogP contribution is -2.58. The van der Waals surface area contributed by atoms with Crippen LogP contribution in [0.3, 0.4) is 0 Å². The average Bonchev–Trinajstić information content (AvgIpc) is 1.44. The van der Waals surface area contributed by atoms with Crippen molar-refractivity contribution in [3.63, 3.8) is 0 Å². The maximum Gasteiger partial charge on any atom is 0.339 e.